The first-order valence-electron chi connectivity index (χ1n) is 9.28. The SMILES string of the molecule is Cc1ccc(S(=O)(=O)O)c(C)c1C1COC(Cn2cncn2)(c2ccc(Cl)cc2Cl)O1. The van der Waals surface area contributed by atoms with Crippen molar-refractivity contribution >= 4 is 33.3 Å². The molecule has 0 spiro atoms. The predicted octanol–water partition coefficient (Wildman–Crippen LogP) is 4.09. The average molecular weight is 484 g/mol. The van der Waals surface area contributed by atoms with E-state index in [9.17, 15) is 13.0 Å². The number of rotatable bonds is 5. The fourth-order valence-electron chi connectivity index (χ4n) is 3.90. The van der Waals surface area contributed by atoms with Crippen molar-refractivity contribution in [1.82, 2.24) is 14.8 Å². The molecule has 4 rings (SSSR count). The highest BCUT2D eigenvalue weighted by molar-refractivity contribution is 7.85. The van der Waals surface area contributed by atoms with Crippen LogP contribution < -0.4 is 0 Å². The lowest BCUT2D eigenvalue weighted by Crippen LogP contribution is -2.33. The number of halogens is 2. The van der Waals surface area contributed by atoms with E-state index in [0.29, 0.717) is 26.7 Å². The second-order valence-electron chi connectivity index (χ2n) is 7.28. The van der Waals surface area contributed by atoms with Crippen molar-refractivity contribution in [2.24, 2.45) is 0 Å². The van der Waals surface area contributed by atoms with Gasteiger partial charge in [0.2, 0.25) is 5.79 Å². The minimum atomic E-state index is -4.39. The number of nitrogens with zero attached hydrogens (tertiary/aromatic N) is 3. The zero-order chi connectivity index (χ0) is 22.4. The fraction of sp³-hybridized carbons (Fsp3) is 0.300. The average Bonchev–Trinajstić information content (AvgIpc) is 3.32. The van der Waals surface area contributed by atoms with Crippen LogP contribution in [0.15, 0.2) is 47.9 Å². The van der Waals surface area contributed by atoms with E-state index in [1.54, 1.807) is 35.9 Å². The second kappa shape index (κ2) is 8.16. The molecule has 0 aliphatic carbocycles. The molecule has 0 radical (unpaired) electrons. The van der Waals surface area contributed by atoms with E-state index < -0.39 is 22.0 Å². The molecule has 1 aliphatic heterocycles. The maximum atomic E-state index is 11.8. The summed E-state index contributed by atoms with van der Waals surface area (Å²) < 4.78 is 47.4. The first-order chi connectivity index (χ1) is 14.6. The molecule has 164 valence electrons. The number of hydrogen-bond acceptors (Lipinski definition) is 6. The van der Waals surface area contributed by atoms with Crippen LogP contribution in [0.1, 0.15) is 28.4 Å². The standard InChI is InChI=1S/C20H19Cl2N3O5S/c1-12-3-6-18(31(26,27)28)13(2)19(12)17-8-29-20(30-17,9-25-11-23-10-24-25)15-5-4-14(21)7-16(15)22/h3-7,10-11,17H,8-9H2,1-2H3,(H,26,27,28). The molecule has 2 atom stereocenters. The molecule has 1 fully saturated rings. The Bertz CT molecular complexity index is 1230. The number of ether oxygens (including phenoxy) is 2. The maximum absolute atomic E-state index is 11.8. The topological polar surface area (TPSA) is 104 Å². The van der Waals surface area contributed by atoms with Crippen molar-refractivity contribution in [3.05, 3.63) is 75.3 Å². The quantitative estimate of drug-likeness (QED) is 0.544. The smallest absolute Gasteiger partial charge is 0.294 e. The Labute approximate surface area is 189 Å². The van der Waals surface area contributed by atoms with Gasteiger partial charge >= 0.3 is 0 Å². The summed E-state index contributed by atoms with van der Waals surface area (Å²) in [5, 5.41) is 4.96. The van der Waals surface area contributed by atoms with E-state index >= 15 is 0 Å². The number of aromatic nitrogens is 3. The summed E-state index contributed by atoms with van der Waals surface area (Å²) in [5.74, 6) is -1.31. The molecular formula is C20H19Cl2N3O5S. The van der Waals surface area contributed by atoms with Gasteiger partial charge in [-0.1, -0.05) is 35.3 Å². The lowest BCUT2D eigenvalue weighted by Gasteiger charge is -2.29. The van der Waals surface area contributed by atoms with Gasteiger partial charge in [0, 0.05) is 10.6 Å². The van der Waals surface area contributed by atoms with Crippen LogP contribution in [0.2, 0.25) is 10.0 Å². The summed E-state index contributed by atoms with van der Waals surface area (Å²) in [6, 6.07) is 8.00. The predicted molar refractivity (Wildman–Crippen MR) is 114 cm³/mol. The van der Waals surface area contributed by atoms with Gasteiger partial charge < -0.3 is 9.47 Å². The van der Waals surface area contributed by atoms with E-state index in [2.05, 4.69) is 10.1 Å². The van der Waals surface area contributed by atoms with Crippen molar-refractivity contribution in [2.45, 2.75) is 37.2 Å². The lowest BCUT2D eigenvalue weighted by molar-refractivity contribution is -0.189. The largest absolute Gasteiger partial charge is 0.341 e. The molecule has 31 heavy (non-hydrogen) atoms. The normalized spacial score (nSPS) is 21.5. The molecule has 0 bridgehead atoms. The highest BCUT2D eigenvalue weighted by Gasteiger charge is 2.46. The fourth-order valence-corrected chi connectivity index (χ4v) is 5.19. The summed E-state index contributed by atoms with van der Waals surface area (Å²) >= 11 is 12.5. The molecule has 1 aliphatic rings. The summed E-state index contributed by atoms with van der Waals surface area (Å²) in [4.78, 5) is 3.79. The van der Waals surface area contributed by atoms with Gasteiger partial charge in [0.1, 0.15) is 25.3 Å². The first-order valence-corrected chi connectivity index (χ1v) is 11.5. The third kappa shape index (κ3) is 4.21. The van der Waals surface area contributed by atoms with Crippen LogP contribution in [0.25, 0.3) is 0 Å². The molecule has 3 aromatic rings. The summed E-state index contributed by atoms with van der Waals surface area (Å²) in [5.41, 5.74) is 2.38. The molecule has 2 unspecified atom stereocenters. The maximum Gasteiger partial charge on any atom is 0.294 e. The molecular weight excluding hydrogens is 465 g/mol. The van der Waals surface area contributed by atoms with Crippen molar-refractivity contribution in [3.8, 4) is 0 Å². The molecule has 11 heteroatoms. The third-order valence-corrected chi connectivity index (χ3v) is 6.81. The number of benzene rings is 2. The Kier molecular flexibility index (Phi) is 5.84. The number of aryl methyl sites for hydroxylation is 1. The van der Waals surface area contributed by atoms with Crippen molar-refractivity contribution in [1.29, 1.82) is 0 Å². The zero-order valence-corrected chi connectivity index (χ0v) is 18.9. The van der Waals surface area contributed by atoms with E-state index in [-0.39, 0.29) is 18.0 Å². The Morgan fingerprint density at radius 2 is 2.03 bits per heavy atom. The Balaban J connectivity index is 1.80. The summed E-state index contributed by atoms with van der Waals surface area (Å²) in [6.07, 6.45) is 2.31. The van der Waals surface area contributed by atoms with Crippen LogP contribution >= 0.6 is 23.2 Å². The van der Waals surface area contributed by atoms with Gasteiger partial charge in [-0.3, -0.25) is 4.55 Å². The van der Waals surface area contributed by atoms with Crippen LogP contribution in [0.4, 0.5) is 0 Å². The highest BCUT2D eigenvalue weighted by atomic mass is 35.5. The van der Waals surface area contributed by atoms with Crippen LogP contribution in [0.5, 0.6) is 0 Å². The highest BCUT2D eigenvalue weighted by Crippen LogP contribution is 2.46. The van der Waals surface area contributed by atoms with Crippen LogP contribution in [0.3, 0.4) is 0 Å². The minimum Gasteiger partial charge on any atom is -0.341 e. The van der Waals surface area contributed by atoms with Crippen LogP contribution in [0, 0.1) is 13.8 Å². The van der Waals surface area contributed by atoms with Gasteiger partial charge in [-0.2, -0.15) is 13.5 Å². The summed E-state index contributed by atoms with van der Waals surface area (Å²) in [7, 11) is -4.39. The van der Waals surface area contributed by atoms with Gasteiger partial charge in [-0.05, 0) is 48.7 Å². The molecule has 1 saturated heterocycles. The van der Waals surface area contributed by atoms with Crippen molar-refractivity contribution in [2.75, 3.05) is 6.61 Å². The summed E-state index contributed by atoms with van der Waals surface area (Å²) in [6.45, 7) is 3.75. The lowest BCUT2D eigenvalue weighted by atomic mass is 9.98. The van der Waals surface area contributed by atoms with Gasteiger partial charge in [-0.15, -0.1) is 0 Å². The number of hydrogen-bond donors (Lipinski definition) is 1. The second-order valence-corrected chi connectivity index (χ2v) is 9.52. The Morgan fingerprint density at radius 3 is 2.68 bits per heavy atom. The zero-order valence-electron chi connectivity index (χ0n) is 16.6. The van der Waals surface area contributed by atoms with E-state index in [1.807, 2.05) is 6.92 Å². The van der Waals surface area contributed by atoms with Gasteiger partial charge in [-0.25, -0.2) is 9.67 Å². The van der Waals surface area contributed by atoms with E-state index in [4.69, 9.17) is 32.7 Å². The van der Waals surface area contributed by atoms with E-state index in [1.165, 1.54) is 18.7 Å². The monoisotopic (exact) mass is 483 g/mol. The van der Waals surface area contributed by atoms with Crippen molar-refractivity contribution < 1.29 is 22.4 Å². The van der Waals surface area contributed by atoms with Crippen LogP contribution in [-0.4, -0.2) is 34.3 Å². The molecule has 2 heterocycles. The molecule has 1 N–H and O–H groups in total. The minimum absolute atomic E-state index is 0.129. The van der Waals surface area contributed by atoms with Gasteiger partial charge in [0.25, 0.3) is 10.1 Å². The molecule has 0 amide bonds. The molecule has 8 nitrogen and oxygen atoms in total. The Morgan fingerprint density at radius 1 is 1.26 bits per heavy atom. The van der Waals surface area contributed by atoms with Gasteiger partial charge in [0.05, 0.1) is 16.5 Å². The Hall–Kier alpha value is -2.01. The van der Waals surface area contributed by atoms with Crippen LogP contribution in [-0.2, 0) is 31.9 Å². The first kappa shape index (κ1) is 22.2. The third-order valence-electron chi connectivity index (χ3n) is 5.26. The van der Waals surface area contributed by atoms with Gasteiger partial charge in [0.15, 0.2) is 0 Å². The van der Waals surface area contributed by atoms with E-state index in [0.717, 1.165) is 5.56 Å². The molecule has 1 aromatic heterocycles. The molecule has 2 aromatic carbocycles. The van der Waals surface area contributed by atoms with Crippen molar-refractivity contribution in [3.63, 3.8) is 0 Å². The molecule has 0 saturated carbocycles.